The summed E-state index contributed by atoms with van der Waals surface area (Å²) < 4.78 is 0. The number of nitrogens with one attached hydrogen (secondary N) is 1. The van der Waals surface area contributed by atoms with Gasteiger partial charge in [0.1, 0.15) is 0 Å². The number of nitrogens with two attached hydrogens (primary N) is 1. The monoisotopic (exact) mass is 326 g/mol. The van der Waals surface area contributed by atoms with E-state index in [2.05, 4.69) is 57.3 Å². The normalized spacial score (nSPS) is 13.4. The standard InChI is InChI=1S/C18H30N2O.ClH/c1-5-15(16-8-6-14(4)7-9-16)11-18(21)20-17(12-19)10-13(2)3;/h6-9,13,15,17H,5,10-12,19H2,1-4H3,(H,20,21);1H. The third-order valence-corrected chi connectivity index (χ3v) is 3.88. The van der Waals surface area contributed by atoms with Crippen molar-refractivity contribution in [3.8, 4) is 0 Å². The first kappa shape index (κ1) is 20.9. The molecule has 0 bridgehead atoms. The van der Waals surface area contributed by atoms with Crippen molar-refractivity contribution in [3.63, 3.8) is 0 Å². The van der Waals surface area contributed by atoms with Gasteiger partial charge in [-0.1, -0.05) is 50.6 Å². The van der Waals surface area contributed by atoms with Gasteiger partial charge in [0, 0.05) is 19.0 Å². The Morgan fingerprint density at radius 1 is 1.23 bits per heavy atom. The number of rotatable bonds is 8. The minimum absolute atomic E-state index is 0. The van der Waals surface area contributed by atoms with E-state index < -0.39 is 0 Å². The molecule has 1 aromatic rings. The van der Waals surface area contributed by atoms with Gasteiger partial charge in [0.05, 0.1) is 0 Å². The smallest absolute Gasteiger partial charge is 0.220 e. The van der Waals surface area contributed by atoms with E-state index in [4.69, 9.17) is 5.73 Å². The van der Waals surface area contributed by atoms with E-state index in [-0.39, 0.29) is 30.3 Å². The van der Waals surface area contributed by atoms with Crippen LogP contribution >= 0.6 is 12.4 Å². The molecule has 0 heterocycles. The van der Waals surface area contributed by atoms with Gasteiger partial charge in [-0.3, -0.25) is 4.79 Å². The van der Waals surface area contributed by atoms with Gasteiger partial charge in [0.15, 0.2) is 0 Å². The summed E-state index contributed by atoms with van der Waals surface area (Å²) in [6.07, 6.45) is 2.44. The number of benzene rings is 1. The highest BCUT2D eigenvalue weighted by Crippen LogP contribution is 2.23. The third-order valence-electron chi connectivity index (χ3n) is 3.88. The molecule has 1 aromatic carbocycles. The second-order valence-electron chi connectivity index (χ2n) is 6.35. The Bertz CT molecular complexity index is 431. The number of halogens is 1. The lowest BCUT2D eigenvalue weighted by Gasteiger charge is -2.21. The molecular formula is C18H31ClN2O. The average Bonchev–Trinajstić information content (AvgIpc) is 2.44. The lowest BCUT2D eigenvalue weighted by atomic mass is 9.92. The van der Waals surface area contributed by atoms with Crippen LogP contribution in [0.5, 0.6) is 0 Å². The van der Waals surface area contributed by atoms with E-state index in [1.165, 1.54) is 11.1 Å². The van der Waals surface area contributed by atoms with Crippen molar-refractivity contribution >= 4 is 18.3 Å². The molecule has 0 radical (unpaired) electrons. The van der Waals surface area contributed by atoms with Crippen LogP contribution in [0, 0.1) is 12.8 Å². The molecule has 1 rings (SSSR count). The summed E-state index contributed by atoms with van der Waals surface area (Å²) in [4.78, 5) is 12.2. The van der Waals surface area contributed by atoms with Crippen molar-refractivity contribution in [2.75, 3.05) is 6.54 Å². The lowest BCUT2D eigenvalue weighted by molar-refractivity contribution is -0.122. The van der Waals surface area contributed by atoms with Crippen LogP contribution in [-0.4, -0.2) is 18.5 Å². The van der Waals surface area contributed by atoms with E-state index in [9.17, 15) is 4.79 Å². The first-order valence-electron chi connectivity index (χ1n) is 8.02. The number of carbonyl (C=O) groups is 1. The summed E-state index contributed by atoms with van der Waals surface area (Å²) in [7, 11) is 0. The molecule has 4 heteroatoms. The van der Waals surface area contributed by atoms with Crippen LogP contribution in [0.25, 0.3) is 0 Å². The maximum Gasteiger partial charge on any atom is 0.220 e. The molecule has 0 spiro atoms. The van der Waals surface area contributed by atoms with Crippen LogP contribution in [0.2, 0.25) is 0 Å². The van der Waals surface area contributed by atoms with Gasteiger partial charge in [0.25, 0.3) is 0 Å². The number of hydrogen-bond donors (Lipinski definition) is 2. The summed E-state index contributed by atoms with van der Waals surface area (Å²) >= 11 is 0. The van der Waals surface area contributed by atoms with Gasteiger partial charge in [-0.25, -0.2) is 0 Å². The zero-order valence-electron chi connectivity index (χ0n) is 14.3. The number of carbonyl (C=O) groups excluding carboxylic acids is 1. The molecule has 0 aliphatic rings. The second kappa shape index (κ2) is 10.6. The highest BCUT2D eigenvalue weighted by atomic mass is 35.5. The number of amides is 1. The van der Waals surface area contributed by atoms with E-state index in [1.807, 2.05) is 0 Å². The minimum Gasteiger partial charge on any atom is -0.352 e. The van der Waals surface area contributed by atoms with Crippen LogP contribution < -0.4 is 11.1 Å². The molecule has 1 amide bonds. The Hall–Kier alpha value is -1.06. The van der Waals surface area contributed by atoms with Gasteiger partial charge < -0.3 is 11.1 Å². The fraction of sp³-hybridized carbons (Fsp3) is 0.611. The number of aryl methyl sites for hydroxylation is 1. The Morgan fingerprint density at radius 2 is 1.82 bits per heavy atom. The first-order valence-corrected chi connectivity index (χ1v) is 8.02. The summed E-state index contributed by atoms with van der Waals surface area (Å²) in [6, 6.07) is 8.57. The van der Waals surface area contributed by atoms with Crippen molar-refractivity contribution < 1.29 is 4.79 Å². The zero-order valence-corrected chi connectivity index (χ0v) is 15.1. The van der Waals surface area contributed by atoms with Gasteiger partial charge in [-0.15, -0.1) is 12.4 Å². The van der Waals surface area contributed by atoms with Crippen LogP contribution in [0.4, 0.5) is 0 Å². The molecule has 22 heavy (non-hydrogen) atoms. The second-order valence-corrected chi connectivity index (χ2v) is 6.35. The molecule has 2 unspecified atom stereocenters. The van der Waals surface area contributed by atoms with Gasteiger partial charge in [-0.2, -0.15) is 0 Å². The third kappa shape index (κ3) is 7.28. The SMILES string of the molecule is CCC(CC(=O)NC(CN)CC(C)C)c1ccc(C)cc1.Cl. The van der Waals surface area contributed by atoms with Crippen molar-refractivity contribution in [2.24, 2.45) is 11.7 Å². The Morgan fingerprint density at radius 3 is 2.27 bits per heavy atom. The van der Waals surface area contributed by atoms with Crippen molar-refractivity contribution in [1.82, 2.24) is 5.32 Å². The first-order chi connectivity index (χ1) is 9.96. The largest absolute Gasteiger partial charge is 0.352 e. The highest BCUT2D eigenvalue weighted by Gasteiger charge is 2.17. The van der Waals surface area contributed by atoms with Crippen molar-refractivity contribution in [2.45, 2.75) is 58.9 Å². The molecule has 3 N–H and O–H groups in total. The van der Waals surface area contributed by atoms with E-state index in [0.29, 0.717) is 18.9 Å². The number of hydrogen-bond acceptors (Lipinski definition) is 2. The summed E-state index contributed by atoms with van der Waals surface area (Å²) in [6.45, 7) is 9.01. The van der Waals surface area contributed by atoms with Crippen LogP contribution in [0.15, 0.2) is 24.3 Å². The predicted molar refractivity (Wildman–Crippen MR) is 96.5 cm³/mol. The molecule has 2 atom stereocenters. The zero-order chi connectivity index (χ0) is 15.8. The van der Waals surface area contributed by atoms with E-state index in [0.717, 1.165) is 12.8 Å². The molecule has 0 fully saturated rings. The quantitative estimate of drug-likeness (QED) is 0.763. The molecule has 126 valence electrons. The van der Waals surface area contributed by atoms with Gasteiger partial charge >= 0.3 is 0 Å². The molecule has 0 saturated carbocycles. The van der Waals surface area contributed by atoms with E-state index in [1.54, 1.807) is 0 Å². The van der Waals surface area contributed by atoms with Crippen molar-refractivity contribution in [3.05, 3.63) is 35.4 Å². The van der Waals surface area contributed by atoms with E-state index >= 15 is 0 Å². The predicted octanol–water partition coefficient (Wildman–Crippen LogP) is 3.79. The van der Waals surface area contributed by atoms with Crippen LogP contribution in [0.3, 0.4) is 0 Å². The molecule has 3 nitrogen and oxygen atoms in total. The minimum atomic E-state index is 0. The van der Waals surface area contributed by atoms with Crippen LogP contribution in [-0.2, 0) is 4.79 Å². The average molecular weight is 327 g/mol. The summed E-state index contributed by atoms with van der Waals surface area (Å²) in [5.74, 6) is 0.930. The molecule has 0 aliphatic carbocycles. The fourth-order valence-corrected chi connectivity index (χ4v) is 2.63. The fourth-order valence-electron chi connectivity index (χ4n) is 2.63. The Balaban J connectivity index is 0.00000441. The Labute approximate surface area is 141 Å². The van der Waals surface area contributed by atoms with Crippen molar-refractivity contribution in [1.29, 1.82) is 0 Å². The molecule has 0 aromatic heterocycles. The lowest BCUT2D eigenvalue weighted by Crippen LogP contribution is -2.41. The summed E-state index contributed by atoms with van der Waals surface area (Å²) in [5.41, 5.74) is 8.24. The van der Waals surface area contributed by atoms with Crippen LogP contribution in [0.1, 0.15) is 57.1 Å². The molecule has 0 saturated heterocycles. The topological polar surface area (TPSA) is 55.1 Å². The molecular weight excluding hydrogens is 296 g/mol. The maximum absolute atomic E-state index is 12.2. The van der Waals surface area contributed by atoms with Gasteiger partial charge in [-0.05, 0) is 37.2 Å². The summed E-state index contributed by atoms with van der Waals surface area (Å²) in [5, 5.41) is 3.08. The Kier molecular flexibility index (Phi) is 10.1. The highest BCUT2D eigenvalue weighted by molar-refractivity contribution is 5.85. The molecule has 0 aliphatic heterocycles. The van der Waals surface area contributed by atoms with Gasteiger partial charge in [0.2, 0.25) is 5.91 Å². The maximum atomic E-state index is 12.2.